The van der Waals surface area contributed by atoms with Crippen molar-refractivity contribution >= 4 is 23.3 Å². The van der Waals surface area contributed by atoms with E-state index in [0.717, 1.165) is 12.8 Å². The lowest BCUT2D eigenvalue weighted by Gasteiger charge is -2.32. The molecule has 0 saturated heterocycles. The molecule has 8 heteroatoms. The zero-order valence-corrected chi connectivity index (χ0v) is 17.8. The van der Waals surface area contributed by atoms with E-state index < -0.39 is 28.7 Å². The molecule has 0 amide bonds. The molecule has 0 spiro atoms. The SMILES string of the molecule is CCCCC1=C(C(=O)OCC)C(c2cccc([N+](=O)[O-])c2)C(C(=O)OCC)C(C)=N1. The Hall–Kier alpha value is -3.03. The van der Waals surface area contributed by atoms with Gasteiger partial charge in [0, 0.05) is 23.8 Å². The van der Waals surface area contributed by atoms with Gasteiger partial charge >= 0.3 is 11.9 Å². The predicted molar refractivity (Wildman–Crippen MR) is 112 cm³/mol. The van der Waals surface area contributed by atoms with Crippen LogP contribution in [0.15, 0.2) is 40.5 Å². The molecule has 0 fully saturated rings. The molecule has 1 heterocycles. The van der Waals surface area contributed by atoms with Crippen LogP contribution in [0, 0.1) is 16.0 Å². The summed E-state index contributed by atoms with van der Waals surface area (Å²) in [6.07, 6.45) is 2.25. The Bertz CT molecular complexity index is 874. The van der Waals surface area contributed by atoms with E-state index in [-0.39, 0.29) is 24.5 Å². The standard InChI is InChI=1S/C22H28N2O6/c1-5-8-12-17-20(22(26)30-7-3)19(15-10-9-11-16(13-15)24(27)28)18(14(4)23-17)21(25)29-6-2/h9-11,13,18-19H,5-8,12H2,1-4H3. The molecule has 0 aromatic heterocycles. The Morgan fingerprint density at radius 1 is 1.17 bits per heavy atom. The van der Waals surface area contributed by atoms with Crippen molar-refractivity contribution in [2.75, 3.05) is 13.2 Å². The van der Waals surface area contributed by atoms with Gasteiger partial charge < -0.3 is 9.47 Å². The van der Waals surface area contributed by atoms with E-state index in [1.54, 1.807) is 32.9 Å². The minimum Gasteiger partial charge on any atom is -0.465 e. The van der Waals surface area contributed by atoms with Gasteiger partial charge in [0.2, 0.25) is 0 Å². The Morgan fingerprint density at radius 2 is 1.87 bits per heavy atom. The van der Waals surface area contributed by atoms with E-state index in [4.69, 9.17) is 9.47 Å². The summed E-state index contributed by atoms with van der Waals surface area (Å²) in [4.78, 5) is 41.2. The average molecular weight is 416 g/mol. The number of esters is 2. The second kappa shape index (κ2) is 10.7. The summed E-state index contributed by atoms with van der Waals surface area (Å²) in [5.74, 6) is -2.72. The normalized spacial score (nSPS) is 18.6. The number of rotatable bonds is 9. The minimum atomic E-state index is -0.864. The van der Waals surface area contributed by atoms with Crippen molar-refractivity contribution in [1.82, 2.24) is 0 Å². The highest BCUT2D eigenvalue weighted by Crippen LogP contribution is 2.42. The van der Waals surface area contributed by atoms with Crippen LogP contribution < -0.4 is 0 Å². The van der Waals surface area contributed by atoms with Gasteiger partial charge in [0.05, 0.1) is 29.4 Å². The van der Waals surface area contributed by atoms with Crippen LogP contribution in [0.1, 0.15) is 58.4 Å². The monoisotopic (exact) mass is 416 g/mol. The van der Waals surface area contributed by atoms with Gasteiger partial charge in [-0.25, -0.2) is 4.79 Å². The maximum absolute atomic E-state index is 13.0. The van der Waals surface area contributed by atoms with Crippen LogP contribution >= 0.6 is 0 Å². The number of nitrogens with zero attached hydrogens (tertiary/aromatic N) is 2. The molecule has 0 bridgehead atoms. The van der Waals surface area contributed by atoms with Crippen LogP contribution in [-0.2, 0) is 19.1 Å². The molecule has 2 unspecified atom stereocenters. The number of hydrogen-bond acceptors (Lipinski definition) is 7. The summed E-state index contributed by atoms with van der Waals surface area (Å²) in [5, 5.41) is 11.3. The molecule has 1 aliphatic heterocycles. The van der Waals surface area contributed by atoms with Gasteiger partial charge in [-0.3, -0.25) is 19.9 Å². The molecule has 2 rings (SSSR count). The van der Waals surface area contributed by atoms with E-state index in [0.29, 0.717) is 23.4 Å². The number of nitro groups is 1. The lowest BCUT2D eigenvalue weighted by molar-refractivity contribution is -0.384. The molecular weight excluding hydrogens is 388 g/mol. The summed E-state index contributed by atoms with van der Waals surface area (Å²) in [6.45, 7) is 7.49. The number of carbonyl (C=O) groups is 2. The number of ether oxygens (including phenoxy) is 2. The number of non-ortho nitro benzene ring substituents is 1. The summed E-state index contributed by atoms with van der Waals surface area (Å²) in [6, 6.07) is 6.00. The largest absolute Gasteiger partial charge is 0.465 e. The molecule has 8 nitrogen and oxygen atoms in total. The van der Waals surface area contributed by atoms with E-state index >= 15 is 0 Å². The van der Waals surface area contributed by atoms with Gasteiger partial charge in [-0.15, -0.1) is 0 Å². The Labute approximate surface area is 176 Å². The van der Waals surface area contributed by atoms with E-state index in [9.17, 15) is 19.7 Å². The Kier molecular flexibility index (Phi) is 8.26. The van der Waals surface area contributed by atoms with Crippen molar-refractivity contribution in [2.45, 2.75) is 52.9 Å². The minimum absolute atomic E-state index is 0.117. The van der Waals surface area contributed by atoms with Crippen molar-refractivity contribution in [2.24, 2.45) is 10.9 Å². The second-order valence-electron chi connectivity index (χ2n) is 7.00. The molecule has 1 aliphatic rings. The molecule has 1 aromatic rings. The van der Waals surface area contributed by atoms with Crippen molar-refractivity contribution in [3.8, 4) is 0 Å². The first-order chi connectivity index (χ1) is 14.3. The molecule has 162 valence electrons. The van der Waals surface area contributed by atoms with Gasteiger partial charge in [-0.2, -0.15) is 0 Å². The third-order valence-corrected chi connectivity index (χ3v) is 4.96. The summed E-state index contributed by atoms with van der Waals surface area (Å²) < 4.78 is 10.5. The smallest absolute Gasteiger partial charge is 0.336 e. The molecule has 30 heavy (non-hydrogen) atoms. The highest BCUT2D eigenvalue weighted by atomic mass is 16.6. The van der Waals surface area contributed by atoms with Crippen molar-refractivity contribution in [3.63, 3.8) is 0 Å². The van der Waals surface area contributed by atoms with E-state index in [1.807, 2.05) is 6.92 Å². The van der Waals surface area contributed by atoms with Crippen molar-refractivity contribution < 1.29 is 24.0 Å². The molecule has 0 aliphatic carbocycles. The van der Waals surface area contributed by atoms with Crippen molar-refractivity contribution in [3.05, 3.63) is 51.2 Å². The van der Waals surface area contributed by atoms with E-state index in [1.165, 1.54) is 12.1 Å². The van der Waals surface area contributed by atoms with Crippen molar-refractivity contribution in [1.29, 1.82) is 0 Å². The quantitative estimate of drug-likeness (QED) is 0.337. The summed E-state index contributed by atoms with van der Waals surface area (Å²) in [7, 11) is 0. The highest BCUT2D eigenvalue weighted by molar-refractivity contribution is 6.07. The molecule has 0 N–H and O–H groups in total. The number of aliphatic imine (C=N–C) groups is 1. The maximum Gasteiger partial charge on any atom is 0.336 e. The molecule has 0 saturated carbocycles. The first-order valence-corrected chi connectivity index (χ1v) is 10.2. The second-order valence-corrected chi connectivity index (χ2v) is 7.00. The van der Waals surface area contributed by atoms with Crippen LogP contribution in [0.5, 0.6) is 0 Å². The average Bonchev–Trinajstić information content (AvgIpc) is 2.71. The van der Waals surface area contributed by atoms with Gasteiger partial charge in [-0.1, -0.05) is 25.5 Å². The Morgan fingerprint density at radius 3 is 2.47 bits per heavy atom. The Balaban J connectivity index is 2.73. The lowest BCUT2D eigenvalue weighted by atomic mass is 9.75. The van der Waals surface area contributed by atoms with Gasteiger partial charge in [0.1, 0.15) is 5.92 Å². The van der Waals surface area contributed by atoms with Crippen LogP contribution in [0.4, 0.5) is 5.69 Å². The first-order valence-electron chi connectivity index (χ1n) is 10.2. The third kappa shape index (κ3) is 5.11. The topological polar surface area (TPSA) is 108 Å². The van der Waals surface area contributed by atoms with Gasteiger partial charge in [0.25, 0.3) is 5.69 Å². The van der Waals surface area contributed by atoms with Crippen LogP contribution in [0.2, 0.25) is 0 Å². The van der Waals surface area contributed by atoms with Gasteiger partial charge in [-0.05, 0) is 39.2 Å². The molecule has 0 radical (unpaired) electrons. The summed E-state index contributed by atoms with van der Waals surface area (Å²) >= 11 is 0. The predicted octanol–water partition coefficient (Wildman–Crippen LogP) is 4.34. The van der Waals surface area contributed by atoms with Crippen LogP contribution in [0.25, 0.3) is 0 Å². The number of hydrogen-bond donors (Lipinski definition) is 0. The molecular formula is C22H28N2O6. The zero-order valence-electron chi connectivity index (χ0n) is 17.8. The van der Waals surface area contributed by atoms with Crippen LogP contribution in [-0.4, -0.2) is 35.8 Å². The van der Waals surface area contributed by atoms with Gasteiger partial charge in [0.15, 0.2) is 0 Å². The fourth-order valence-corrected chi connectivity index (χ4v) is 3.65. The molecule has 2 atom stereocenters. The lowest BCUT2D eigenvalue weighted by Crippen LogP contribution is -2.37. The number of allylic oxidation sites excluding steroid dienone is 1. The number of unbranched alkanes of at least 4 members (excludes halogenated alkanes) is 1. The van der Waals surface area contributed by atoms with Crippen LogP contribution in [0.3, 0.4) is 0 Å². The maximum atomic E-state index is 13.0. The zero-order chi connectivity index (χ0) is 22.3. The first kappa shape index (κ1) is 23.3. The van der Waals surface area contributed by atoms with E-state index in [2.05, 4.69) is 4.99 Å². The fourth-order valence-electron chi connectivity index (χ4n) is 3.65. The third-order valence-electron chi connectivity index (χ3n) is 4.96. The number of nitro benzene ring substituents is 1. The molecule has 1 aromatic carbocycles. The fraction of sp³-hybridized carbons (Fsp3) is 0.500. The number of benzene rings is 1. The highest BCUT2D eigenvalue weighted by Gasteiger charge is 2.43. The summed E-state index contributed by atoms with van der Waals surface area (Å²) in [5.41, 5.74) is 1.71. The number of carbonyl (C=O) groups excluding carboxylic acids is 2.